The fourth-order valence-corrected chi connectivity index (χ4v) is 1.34. The van der Waals surface area contributed by atoms with E-state index in [2.05, 4.69) is 5.32 Å². The van der Waals surface area contributed by atoms with Gasteiger partial charge in [-0.3, -0.25) is 9.59 Å². The summed E-state index contributed by atoms with van der Waals surface area (Å²) in [6, 6.07) is -0.473. The van der Waals surface area contributed by atoms with Gasteiger partial charge in [0.25, 0.3) is 0 Å². The maximum Gasteiger partial charge on any atom is 0.223 e. The molecule has 1 heterocycles. The van der Waals surface area contributed by atoms with E-state index in [0.717, 1.165) is 6.42 Å². The lowest BCUT2D eigenvalue weighted by Crippen LogP contribution is -2.33. The summed E-state index contributed by atoms with van der Waals surface area (Å²) < 4.78 is 0. The highest BCUT2D eigenvalue weighted by atomic mass is 16.2. The molecule has 0 aromatic heterocycles. The summed E-state index contributed by atoms with van der Waals surface area (Å²) in [5.41, 5.74) is 5.53. The van der Waals surface area contributed by atoms with E-state index in [1.165, 1.54) is 6.92 Å². The second-order valence-corrected chi connectivity index (χ2v) is 3.23. The van der Waals surface area contributed by atoms with Crippen molar-refractivity contribution >= 4 is 11.7 Å². The number of ketones is 1. The number of carbonyl (C=O) groups is 2. The van der Waals surface area contributed by atoms with Crippen LogP contribution in [0.2, 0.25) is 0 Å². The van der Waals surface area contributed by atoms with E-state index < -0.39 is 6.04 Å². The van der Waals surface area contributed by atoms with Crippen LogP contribution in [0.1, 0.15) is 19.8 Å². The van der Waals surface area contributed by atoms with Gasteiger partial charge < -0.3 is 11.1 Å². The van der Waals surface area contributed by atoms with E-state index in [1.54, 1.807) is 0 Å². The second-order valence-electron chi connectivity index (χ2n) is 3.23. The third kappa shape index (κ3) is 2.04. The van der Waals surface area contributed by atoms with Crippen molar-refractivity contribution in [1.82, 2.24) is 5.32 Å². The van der Waals surface area contributed by atoms with Crippen LogP contribution in [0.15, 0.2) is 0 Å². The van der Waals surface area contributed by atoms with Crippen molar-refractivity contribution in [2.75, 3.05) is 6.54 Å². The molecule has 1 fully saturated rings. The molecule has 0 aromatic carbocycles. The molecule has 3 N–H and O–H groups in total. The average molecular weight is 170 g/mol. The first-order valence-corrected chi connectivity index (χ1v) is 4.15. The smallest absolute Gasteiger partial charge is 0.223 e. The average Bonchev–Trinajstić information content (AvgIpc) is 2.36. The van der Waals surface area contributed by atoms with E-state index in [4.69, 9.17) is 5.73 Å². The molecule has 1 rings (SSSR count). The Morgan fingerprint density at radius 3 is 2.92 bits per heavy atom. The molecule has 12 heavy (non-hydrogen) atoms. The van der Waals surface area contributed by atoms with Gasteiger partial charge in [0.2, 0.25) is 5.91 Å². The van der Waals surface area contributed by atoms with E-state index in [0.29, 0.717) is 13.0 Å². The Morgan fingerprint density at radius 1 is 1.83 bits per heavy atom. The topological polar surface area (TPSA) is 72.2 Å². The number of nitrogens with two attached hydrogens (primary N) is 1. The molecule has 0 radical (unpaired) electrons. The summed E-state index contributed by atoms with van der Waals surface area (Å²) in [7, 11) is 0. The van der Waals surface area contributed by atoms with Crippen LogP contribution in [0, 0.1) is 5.92 Å². The van der Waals surface area contributed by atoms with Crippen molar-refractivity contribution in [2.24, 2.45) is 11.7 Å². The van der Waals surface area contributed by atoms with Gasteiger partial charge in [0.05, 0.1) is 6.04 Å². The number of carbonyl (C=O) groups excluding carboxylic acids is 2. The largest absolute Gasteiger partial charge is 0.356 e. The van der Waals surface area contributed by atoms with Gasteiger partial charge in [-0.1, -0.05) is 0 Å². The van der Waals surface area contributed by atoms with Crippen LogP contribution in [0.5, 0.6) is 0 Å². The van der Waals surface area contributed by atoms with E-state index >= 15 is 0 Å². The molecule has 0 bridgehead atoms. The Labute approximate surface area is 71.5 Å². The molecule has 0 spiro atoms. The number of nitrogens with one attached hydrogen (secondary N) is 1. The van der Waals surface area contributed by atoms with Crippen molar-refractivity contribution in [3.8, 4) is 0 Å². The Balaban J connectivity index is 2.40. The van der Waals surface area contributed by atoms with Crippen molar-refractivity contribution in [1.29, 1.82) is 0 Å². The maximum atomic E-state index is 11.1. The molecule has 1 aliphatic rings. The molecule has 4 nitrogen and oxygen atoms in total. The van der Waals surface area contributed by atoms with Crippen LogP contribution in [0.3, 0.4) is 0 Å². The fraction of sp³-hybridized carbons (Fsp3) is 0.750. The summed E-state index contributed by atoms with van der Waals surface area (Å²) in [6.45, 7) is 2.17. The highest BCUT2D eigenvalue weighted by molar-refractivity contribution is 5.84. The van der Waals surface area contributed by atoms with Crippen molar-refractivity contribution in [3.63, 3.8) is 0 Å². The van der Waals surface area contributed by atoms with Crippen LogP contribution in [-0.2, 0) is 9.59 Å². The predicted molar refractivity (Wildman–Crippen MR) is 44.4 cm³/mol. The zero-order valence-electron chi connectivity index (χ0n) is 7.17. The van der Waals surface area contributed by atoms with Gasteiger partial charge in [0, 0.05) is 12.5 Å². The van der Waals surface area contributed by atoms with Crippen molar-refractivity contribution in [2.45, 2.75) is 25.8 Å². The van der Waals surface area contributed by atoms with Gasteiger partial charge in [-0.05, 0) is 19.8 Å². The minimum Gasteiger partial charge on any atom is -0.356 e. The van der Waals surface area contributed by atoms with Gasteiger partial charge in [-0.25, -0.2) is 0 Å². The third-order valence-corrected chi connectivity index (χ3v) is 2.22. The van der Waals surface area contributed by atoms with Crippen LogP contribution in [0.25, 0.3) is 0 Å². The molecule has 0 saturated carbocycles. The molecule has 68 valence electrons. The first-order valence-electron chi connectivity index (χ1n) is 4.15. The van der Waals surface area contributed by atoms with Crippen LogP contribution >= 0.6 is 0 Å². The molecule has 0 aromatic rings. The number of amides is 1. The Bertz CT molecular complexity index is 203. The first kappa shape index (κ1) is 9.19. The number of rotatable bonds is 3. The molecular weight excluding hydrogens is 156 g/mol. The predicted octanol–water partition coefficient (Wildman–Crippen LogP) is -0.571. The number of hydrogen-bond donors (Lipinski definition) is 2. The SMILES string of the molecule is CC(=O)C(N)CC1CCNC1=O. The van der Waals surface area contributed by atoms with Crippen molar-refractivity contribution in [3.05, 3.63) is 0 Å². The van der Waals surface area contributed by atoms with Crippen LogP contribution < -0.4 is 11.1 Å². The molecule has 4 heteroatoms. The number of hydrogen-bond acceptors (Lipinski definition) is 3. The van der Waals surface area contributed by atoms with Gasteiger partial charge in [0.1, 0.15) is 5.78 Å². The minimum atomic E-state index is -0.473. The van der Waals surface area contributed by atoms with Gasteiger partial charge in [-0.2, -0.15) is 0 Å². The lowest BCUT2D eigenvalue weighted by molar-refractivity contribution is -0.123. The molecular formula is C8H14N2O2. The van der Waals surface area contributed by atoms with E-state index in [1.807, 2.05) is 0 Å². The zero-order valence-corrected chi connectivity index (χ0v) is 7.17. The first-order chi connectivity index (χ1) is 5.61. The molecule has 1 amide bonds. The highest BCUT2D eigenvalue weighted by Gasteiger charge is 2.26. The fourth-order valence-electron chi connectivity index (χ4n) is 1.34. The summed E-state index contributed by atoms with van der Waals surface area (Å²) in [5.74, 6) is -0.0645. The Kier molecular flexibility index (Phi) is 2.81. The normalized spacial score (nSPS) is 25.2. The summed E-state index contributed by atoms with van der Waals surface area (Å²) in [6.07, 6.45) is 1.29. The molecule has 0 aliphatic carbocycles. The molecule has 2 unspecified atom stereocenters. The van der Waals surface area contributed by atoms with Gasteiger partial charge >= 0.3 is 0 Å². The maximum absolute atomic E-state index is 11.1. The van der Waals surface area contributed by atoms with E-state index in [-0.39, 0.29) is 17.6 Å². The number of Topliss-reactive ketones (excluding diaryl/α,β-unsaturated/α-hetero) is 1. The van der Waals surface area contributed by atoms with Gasteiger partial charge in [0.15, 0.2) is 0 Å². The van der Waals surface area contributed by atoms with E-state index in [9.17, 15) is 9.59 Å². The Hall–Kier alpha value is -0.900. The third-order valence-electron chi connectivity index (χ3n) is 2.22. The molecule has 1 aliphatic heterocycles. The molecule has 2 atom stereocenters. The highest BCUT2D eigenvalue weighted by Crippen LogP contribution is 2.15. The van der Waals surface area contributed by atoms with Crippen molar-refractivity contribution < 1.29 is 9.59 Å². The monoisotopic (exact) mass is 170 g/mol. The Morgan fingerprint density at radius 2 is 2.50 bits per heavy atom. The summed E-state index contributed by atoms with van der Waals surface area (Å²) in [4.78, 5) is 21.8. The minimum absolute atomic E-state index is 0.0340. The summed E-state index contributed by atoms with van der Waals surface area (Å²) >= 11 is 0. The van der Waals surface area contributed by atoms with Crippen LogP contribution in [-0.4, -0.2) is 24.3 Å². The quantitative estimate of drug-likeness (QED) is 0.595. The molecule has 1 saturated heterocycles. The van der Waals surface area contributed by atoms with Crippen LogP contribution in [0.4, 0.5) is 0 Å². The summed E-state index contributed by atoms with van der Waals surface area (Å²) in [5, 5.41) is 2.71. The van der Waals surface area contributed by atoms with Gasteiger partial charge in [-0.15, -0.1) is 0 Å². The lowest BCUT2D eigenvalue weighted by Gasteiger charge is -2.10. The lowest BCUT2D eigenvalue weighted by atomic mass is 9.97. The zero-order chi connectivity index (χ0) is 9.14. The second kappa shape index (κ2) is 3.67. The standard InChI is InChI=1S/C8H14N2O2/c1-5(11)7(9)4-6-2-3-10-8(6)12/h6-7H,2-4,9H2,1H3,(H,10,12).